The van der Waals surface area contributed by atoms with Gasteiger partial charge in [-0.2, -0.15) is 5.26 Å². The number of anilines is 2. The zero-order valence-corrected chi connectivity index (χ0v) is 44.8. The van der Waals surface area contributed by atoms with Crippen LogP contribution in [0.4, 0.5) is 11.4 Å². The van der Waals surface area contributed by atoms with E-state index < -0.39 is 9.84 Å². The molecule has 1 aliphatic carbocycles. The molecule has 386 valence electrons. The summed E-state index contributed by atoms with van der Waals surface area (Å²) in [5, 5.41) is 18.5. The lowest BCUT2D eigenvalue weighted by Gasteiger charge is -2.29. The summed E-state index contributed by atoms with van der Waals surface area (Å²) >= 11 is 0. The van der Waals surface area contributed by atoms with E-state index in [0.29, 0.717) is 5.56 Å². The van der Waals surface area contributed by atoms with Crippen LogP contribution in [0.15, 0.2) is 277 Å². The summed E-state index contributed by atoms with van der Waals surface area (Å²) in [6, 6.07) is 86.0. The van der Waals surface area contributed by atoms with Gasteiger partial charge in [0.15, 0.2) is 0 Å². The third-order valence-electron chi connectivity index (χ3n) is 17.3. The molecular formula is C73H46N6O2S. The topological polar surface area (TPSA) is 80.9 Å². The molecule has 2 atom stereocenters. The van der Waals surface area contributed by atoms with Crippen molar-refractivity contribution in [3.05, 3.63) is 278 Å². The molecule has 15 aromatic rings. The standard InChI is InChI=1S/C73H46N6O2S/c74-45-46-29-41-52(42-30-46)82(80,81)53-43-39-51(40-44-53)79-67-28-14-7-21-60(67)70-72-68(58-19-5-12-26-65(58)77(72)49-35-31-47(32-36-49)75-61-22-8-1-15-54(61)55-16-2-9-23-62(55)75)71-69(73(70)79)59-20-6-13-27-66(59)78(71)50-37-33-48(34-38-50)76-63-24-10-3-17-56(63)57-18-4-11-25-64(57)76/h1-44,56,63H. The quantitative estimate of drug-likeness (QED) is 0.159. The average molecular weight is 1070 g/mol. The number of allylic oxidation sites excluding steroid dienone is 2. The predicted octanol–water partition coefficient (Wildman–Crippen LogP) is 17.5. The van der Waals surface area contributed by atoms with Crippen molar-refractivity contribution < 1.29 is 8.42 Å². The monoisotopic (exact) mass is 1070 g/mol. The number of hydrogen-bond acceptors (Lipinski definition) is 4. The molecule has 82 heavy (non-hydrogen) atoms. The van der Waals surface area contributed by atoms with Gasteiger partial charge in [0.25, 0.3) is 0 Å². The van der Waals surface area contributed by atoms with Gasteiger partial charge in [-0.05, 0) is 139 Å². The number of nitriles is 1. The van der Waals surface area contributed by atoms with Crippen molar-refractivity contribution in [1.82, 2.24) is 18.3 Å². The minimum atomic E-state index is -3.91. The summed E-state index contributed by atoms with van der Waals surface area (Å²) in [6.45, 7) is 0. The molecule has 17 rings (SSSR count). The normalized spacial score (nSPS) is 15.0. The smallest absolute Gasteiger partial charge is 0.206 e. The zero-order valence-electron chi connectivity index (χ0n) is 44.0. The second-order valence-electron chi connectivity index (χ2n) is 21.5. The summed E-state index contributed by atoms with van der Waals surface area (Å²) in [5.74, 6) is 0.269. The number of hydrogen-bond donors (Lipinski definition) is 0. The third-order valence-corrected chi connectivity index (χ3v) is 19.1. The SMILES string of the molecule is N#Cc1ccc(S(=O)(=O)c2ccc(-n3c4ccccc4c4c5c(c6ccccc6n5-c5ccc(-n6c7ccccc7c7ccccc76)cc5)c5c(c6ccccc6n5-c5ccc(N6c7ccccc7C7C=CC=CC76)cc5)c43)cc2)cc1. The van der Waals surface area contributed by atoms with Crippen molar-refractivity contribution in [3.8, 4) is 28.8 Å². The second-order valence-corrected chi connectivity index (χ2v) is 23.4. The van der Waals surface area contributed by atoms with Crippen molar-refractivity contribution in [1.29, 1.82) is 5.26 Å². The van der Waals surface area contributed by atoms with Gasteiger partial charge in [0.2, 0.25) is 9.84 Å². The Morgan fingerprint density at radius 1 is 0.354 bits per heavy atom. The van der Waals surface area contributed by atoms with Gasteiger partial charge in [-0.25, -0.2) is 8.42 Å². The molecule has 5 heterocycles. The van der Waals surface area contributed by atoms with Crippen LogP contribution in [0.2, 0.25) is 0 Å². The number of fused-ring (bicyclic) bond motifs is 18. The van der Waals surface area contributed by atoms with Crippen molar-refractivity contribution in [2.75, 3.05) is 4.90 Å². The molecule has 1 aliphatic heterocycles. The van der Waals surface area contributed by atoms with Gasteiger partial charge >= 0.3 is 0 Å². The number of para-hydroxylation sites is 6. The number of aromatic nitrogens is 4. The lowest BCUT2D eigenvalue weighted by molar-refractivity contribution is 0.596. The minimum Gasteiger partial charge on any atom is -0.333 e. The fourth-order valence-corrected chi connectivity index (χ4v) is 15.1. The Hall–Kier alpha value is -10.7. The van der Waals surface area contributed by atoms with E-state index in [1.165, 1.54) is 34.2 Å². The van der Waals surface area contributed by atoms with Crippen LogP contribution >= 0.6 is 0 Å². The Morgan fingerprint density at radius 2 is 0.707 bits per heavy atom. The maximum Gasteiger partial charge on any atom is 0.206 e. The van der Waals surface area contributed by atoms with Crippen LogP contribution in [0.25, 0.3) is 110 Å². The first-order valence-corrected chi connectivity index (χ1v) is 29.1. The van der Waals surface area contributed by atoms with Gasteiger partial charge in [0, 0.05) is 83.1 Å². The highest BCUT2D eigenvalue weighted by atomic mass is 32.2. The van der Waals surface area contributed by atoms with Gasteiger partial charge < -0.3 is 23.2 Å². The molecule has 0 amide bonds. The lowest BCUT2D eigenvalue weighted by Crippen LogP contribution is -2.28. The van der Waals surface area contributed by atoms with Crippen LogP contribution in [0.5, 0.6) is 0 Å². The van der Waals surface area contributed by atoms with Crippen LogP contribution in [-0.2, 0) is 9.84 Å². The molecule has 4 aromatic heterocycles. The summed E-state index contributed by atoms with van der Waals surface area (Å²) < 4.78 is 38.1. The van der Waals surface area contributed by atoms with E-state index in [0.717, 1.165) is 105 Å². The molecule has 2 aliphatic rings. The number of rotatable bonds is 7. The predicted molar refractivity (Wildman–Crippen MR) is 334 cm³/mol. The molecule has 0 bridgehead atoms. The zero-order chi connectivity index (χ0) is 54.4. The van der Waals surface area contributed by atoms with E-state index in [-0.39, 0.29) is 21.8 Å². The van der Waals surface area contributed by atoms with Crippen LogP contribution in [0.1, 0.15) is 17.0 Å². The first kappa shape index (κ1) is 46.3. The fraction of sp³-hybridized carbons (Fsp3) is 0.0274. The van der Waals surface area contributed by atoms with Gasteiger partial charge in [-0.15, -0.1) is 0 Å². The molecule has 11 aromatic carbocycles. The Morgan fingerprint density at radius 3 is 1.17 bits per heavy atom. The largest absolute Gasteiger partial charge is 0.333 e. The number of benzene rings is 11. The third kappa shape index (κ3) is 6.43. The molecule has 0 spiro atoms. The van der Waals surface area contributed by atoms with E-state index in [1.54, 1.807) is 24.3 Å². The highest BCUT2D eigenvalue weighted by Crippen LogP contribution is 2.52. The van der Waals surface area contributed by atoms with Crippen molar-refractivity contribution in [3.63, 3.8) is 0 Å². The summed E-state index contributed by atoms with van der Waals surface area (Å²) in [6.07, 6.45) is 8.98. The first-order chi connectivity index (χ1) is 40.4. The van der Waals surface area contributed by atoms with Gasteiger partial charge in [0.05, 0.1) is 71.6 Å². The molecule has 0 saturated carbocycles. The first-order valence-electron chi connectivity index (χ1n) is 27.6. The molecule has 0 radical (unpaired) electrons. The number of nitrogens with zero attached hydrogens (tertiary/aromatic N) is 6. The molecule has 0 fully saturated rings. The molecule has 0 saturated heterocycles. The summed E-state index contributed by atoms with van der Waals surface area (Å²) in [4.78, 5) is 2.79. The van der Waals surface area contributed by atoms with Crippen LogP contribution < -0.4 is 4.90 Å². The molecule has 8 nitrogen and oxygen atoms in total. The Labute approximate surface area is 471 Å². The van der Waals surface area contributed by atoms with E-state index in [1.807, 2.05) is 12.1 Å². The maximum atomic E-state index is 14.2. The average Bonchev–Trinajstić information content (AvgIpc) is 2.38. The molecule has 9 heteroatoms. The van der Waals surface area contributed by atoms with E-state index >= 15 is 0 Å². The Kier molecular flexibility index (Phi) is 9.83. The molecule has 0 N–H and O–H groups in total. The van der Waals surface area contributed by atoms with Crippen LogP contribution in [0.3, 0.4) is 0 Å². The number of sulfone groups is 1. The lowest BCUT2D eigenvalue weighted by atomic mass is 9.91. The summed E-state index contributed by atoms with van der Waals surface area (Å²) in [5.41, 5.74) is 16.6. The Balaban J connectivity index is 0.959. The van der Waals surface area contributed by atoms with Gasteiger partial charge in [-0.3, -0.25) is 0 Å². The highest BCUT2D eigenvalue weighted by molar-refractivity contribution is 7.91. The van der Waals surface area contributed by atoms with E-state index in [2.05, 4.69) is 248 Å². The summed E-state index contributed by atoms with van der Waals surface area (Å²) in [7, 11) is -3.91. The molecule has 2 unspecified atom stereocenters. The highest BCUT2D eigenvalue weighted by Gasteiger charge is 2.37. The minimum absolute atomic E-state index is 0.134. The van der Waals surface area contributed by atoms with Crippen molar-refractivity contribution >= 4 is 108 Å². The second kappa shape index (κ2) is 17.4. The van der Waals surface area contributed by atoms with Crippen molar-refractivity contribution in [2.45, 2.75) is 21.8 Å². The van der Waals surface area contributed by atoms with Crippen molar-refractivity contribution in [2.24, 2.45) is 0 Å². The Bertz CT molecular complexity index is 5370. The van der Waals surface area contributed by atoms with E-state index in [4.69, 9.17) is 0 Å². The van der Waals surface area contributed by atoms with E-state index in [9.17, 15) is 13.7 Å². The van der Waals surface area contributed by atoms with Crippen LogP contribution in [0, 0.1) is 11.3 Å². The van der Waals surface area contributed by atoms with Crippen LogP contribution in [-0.4, -0.2) is 32.7 Å². The van der Waals surface area contributed by atoms with Gasteiger partial charge in [-0.1, -0.05) is 133 Å². The van der Waals surface area contributed by atoms with Gasteiger partial charge in [0.1, 0.15) is 0 Å². The fourth-order valence-electron chi connectivity index (χ4n) is 13.9. The maximum absolute atomic E-state index is 14.2. The molecular weight excluding hydrogens is 1020 g/mol.